The summed E-state index contributed by atoms with van der Waals surface area (Å²) in [6, 6.07) is 5.41. The summed E-state index contributed by atoms with van der Waals surface area (Å²) in [6.07, 6.45) is 0.194. The van der Waals surface area contributed by atoms with Crippen molar-refractivity contribution in [1.29, 1.82) is 0 Å². The van der Waals surface area contributed by atoms with Crippen LogP contribution in [0.4, 0.5) is 5.69 Å². The van der Waals surface area contributed by atoms with Crippen LogP contribution in [-0.4, -0.2) is 23.7 Å². The standard InChI is InChI=1S/C15H19NO3/c1-4-13-15(18)16(8-10(2)3)12-7-11(9-17)5-6-14(12)19-13/h5-7,13,17H,2,4,8-9H2,1,3H3. The molecule has 1 unspecified atom stereocenters. The molecule has 4 heteroatoms. The van der Waals surface area contributed by atoms with E-state index in [2.05, 4.69) is 6.58 Å². The third kappa shape index (κ3) is 2.63. The molecule has 1 atom stereocenters. The van der Waals surface area contributed by atoms with Crippen molar-refractivity contribution >= 4 is 11.6 Å². The normalized spacial score (nSPS) is 17.9. The third-order valence-corrected chi connectivity index (χ3v) is 3.11. The zero-order valence-corrected chi connectivity index (χ0v) is 11.3. The minimum Gasteiger partial charge on any atom is -0.478 e. The summed E-state index contributed by atoms with van der Waals surface area (Å²) in [7, 11) is 0. The van der Waals surface area contributed by atoms with E-state index in [1.54, 1.807) is 23.1 Å². The first-order chi connectivity index (χ1) is 9.06. The average molecular weight is 261 g/mol. The molecular weight excluding hydrogens is 242 g/mol. The van der Waals surface area contributed by atoms with E-state index < -0.39 is 6.10 Å². The molecule has 4 nitrogen and oxygen atoms in total. The van der Waals surface area contributed by atoms with Crippen LogP contribution in [-0.2, 0) is 11.4 Å². The molecule has 1 amide bonds. The fourth-order valence-corrected chi connectivity index (χ4v) is 2.16. The molecule has 0 saturated heterocycles. The lowest BCUT2D eigenvalue weighted by atomic mass is 10.1. The van der Waals surface area contributed by atoms with Crippen molar-refractivity contribution in [1.82, 2.24) is 0 Å². The van der Waals surface area contributed by atoms with Crippen LogP contribution in [0.25, 0.3) is 0 Å². The zero-order chi connectivity index (χ0) is 14.0. The van der Waals surface area contributed by atoms with Gasteiger partial charge in [-0.05, 0) is 31.0 Å². The van der Waals surface area contributed by atoms with Gasteiger partial charge < -0.3 is 14.7 Å². The van der Waals surface area contributed by atoms with Crippen LogP contribution in [0.2, 0.25) is 0 Å². The minimum absolute atomic E-state index is 0.0481. The van der Waals surface area contributed by atoms with Crippen LogP contribution in [0, 0.1) is 0 Å². The predicted octanol–water partition coefficient (Wildman–Crippen LogP) is 2.26. The number of ether oxygens (including phenoxy) is 1. The second-order valence-corrected chi connectivity index (χ2v) is 4.86. The van der Waals surface area contributed by atoms with E-state index in [9.17, 15) is 9.90 Å². The van der Waals surface area contributed by atoms with Gasteiger partial charge in [0.2, 0.25) is 0 Å². The van der Waals surface area contributed by atoms with Crippen molar-refractivity contribution in [2.24, 2.45) is 0 Å². The second kappa shape index (κ2) is 5.45. The number of anilines is 1. The Bertz CT molecular complexity index is 510. The fraction of sp³-hybridized carbons (Fsp3) is 0.400. The van der Waals surface area contributed by atoms with Gasteiger partial charge in [0.25, 0.3) is 5.91 Å². The molecule has 1 aromatic carbocycles. The summed E-state index contributed by atoms with van der Waals surface area (Å²) >= 11 is 0. The van der Waals surface area contributed by atoms with E-state index in [-0.39, 0.29) is 12.5 Å². The van der Waals surface area contributed by atoms with Crippen molar-refractivity contribution in [2.45, 2.75) is 33.0 Å². The number of amides is 1. The minimum atomic E-state index is -0.438. The number of rotatable bonds is 4. The van der Waals surface area contributed by atoms with Crippen LogP contribution in [0.3, 0.4) is 0 Å². The molecule has 1 aliphatic rings. The number of hydrogen-bond donors (Lipinski definition) is 1. The highest BCUT2D eigenvalue weighted by Crippen LogP contribution is 2.35. The Labute approximate surface area is 113 Å². The van der Waals surface area contributed by atoms with E-state index in [0.29, 0.717) is 24.4 Å². The maximum absolute atomic E-state index is 12.4. The maximum Gasteiger partial charge on any atom is 0.268 e. The van der Waals surface area contributed by atoms with Gasteiger partial charge >= 0.3 is 0 Å². The summed E-state index contributed by atoms with van der Waals surface area (Å²) in [5.74, 6) is 0.637. The summed E-state index contributed by atoms with van der Waals surface area (Å²) in [6.45, 7) is 8.10. The Morgan fingerprint density at radius 2 is 2.26 bits per heavy atom. The first-order valence-corrected chi connectivity index (χ1v) is 6.43. The molecule has 0 aliphatic carbocycles. The van der Waals surface area contributed by atoms with Gasteiger partial charge in [0.05, 0.1) is 12.3 Å². The molecule has 1 heterocycles. The van der Waals surface area contributed by atoms with Gasteiger partial charge in [0.1, 0.15) is 5.75 Å². The molecule has 0 aromatic heterocycles. The Kier molecular flexibility index (Phi) is 3.90. The van der Waals surface area contributed by atoms with Crippen LogP contribution < -0.4 is 9.64 Å². The zero-order valence-electron chi connectivity index (χ0n) is 11.3. The van der Waals surface area contributed by atoms with Crippen molar-refractivity contribution in [3.8, 4) is 5.75 Å². The smallest absolute Gasteiger partial charge is 0.268 e. The molecule has 19 heavy (non-hydrogen) atoms. The van der Waals surface area contributed by atoms with Gasteiger partial charge in [-0.2, -0.15) is 0 Å². The number of hydrogen-bond acceptors (Lipinski definition) is 3. The van der Waals surface area contributed by atoms with Crippen molar-refractivity contribution < 1.29 is 14.6 Å². The Morgan fingerprint density at radius 3 is 2.84 bits per heavy atom. The fourth-order valence-electron chi connectivity index (χ4n) is 2.16. The number of fused-ring (bicyclic) bond motifs is 1. The lowest BCUT2D eigenvalue weighted by molar-refractivity contribution is -0.126. The largest absolute Gasteiger partial charge is 0.478 e. The average Bonchev–Trinajstić information content (AvgIpc) is 2.40. The van der Waals surface area contributed by atoms with E-state index in [4.69, 9.17) is 4.74 Å². The highest BCUT2D eigenvalue weighted by atomic mass is 16.5. The number of aliphatic hydroxyl groups is 1. The molecule has 1 aliphatic heterocycles. The van der Waals surface area contributed by atoms with Gasteiger partial charge in [0.15, 0.2) is 6.10 Å². The quantitative estimate of drug-likeness (QED) is 0.846. The van der Waals surface area contributed by atoms with Crippen LogP contribution in [0.15, 0.2) is 30.4 Å². The van der Waals surface area contributed by atoms with E-state index in [0.717, 1.165) is 11.1 Å². The highest BCUT2D eigenvalue weighted by molar-refractivity contribution is 6.00. The molecule has 0 radical (unpaired) electrons. The van der Waals surface area contributed by atoms with Gasteiger partial charge in [-0.3, -0.25) is 4.79 Å². The second-order valence-electron chi connectivity index (χ2n) is 4.86. The maximum atomic E-state index is 12.4. The number of nitrogens with zero attached hydrogens (tertiary/aromatic N) is 1. The van der Waals surface area contributed by atoms with Gasteiger partial charge in [0, 0.05) is 6.54 Å². The lowest BCUT2D eigenvalue weighted by Gasteiger charge is -2.34. The topological polar surface area (TPSA) is 49.8 Å². The van der Waals surface area contributed by atoms with Crippen molar-refractivity contribution in [3.63, 3.8) is 0 Å². The lowest BCUT2D eigenvalue weighted by Crippen LogP contribution is -2.46. The summed E-state index contributed by atoms with van der Waals surface area (Å²) in [5, 5.41) is 9.21. The molecule has 0 saturated carbocycles. The first-order valence-electron chi connectivity index (χ1n) is 6.43. The Morgan fingerprint density at radius 1 is 1.53 bits per heavy atom. The number of carbonyl (C=O) groups excluding carboxylic acids is 1. The Hall–Kier alpha value is -1.81. The molecular formula is C15H19NO3. The SMILES string of the molecule is C=C(C)CN1C(=O)C(CC)Oc2ccc(CO)cc21. The predicted molar refractivity (Wildman–Crippen MR) is 74.2 cm³/mol. The first kappa shape index (κ1) is 13.6. The summed E-state index contributed by atoms with van der Waals surface area (Å²) < 4.78 is 5.70. The van der Waals surface area contributed by atoms with Crippen LogP contribution in [0.1, 0.15) is 25.8 Å². The summed E-state index contributed by atoms with van der Waals surface area (Å²) in [4.78, 5) is 14.0. The van der Waals surface area contributed by atoms with E-state index >= 15 is 0 Å². The Balaban J connectivity index is 2.45. The molecule has 0 fully saturated rings. The number of aliphatic hydroxyl groups excluding tert-OH is 1. The van der Waals surface area contributed by atoms with Gasteiger partial charge in [-0.25, -0.2) is 0 Å². The molecule has 2 rings (SSSR count). The molecule has 0 bridgehead atoms. The summed E-state index contributed by atoms with van der Waals surface area (Å²) in [5.41, 5.74) is 2.38. The van der Waals surface area contributed by atoms with Crippen LogP contribution >= 0.6 is 0 Å². The van der Waals surface area contributed by atoms with E-state index in [1.807, 2.05) is 13.8 Å². The number of carbonyl (C=O) groups is 1. The molecule has 102 valence electrons. The van der Waals surface area contributed by atoms with Crippen molar-refractivity contribution in [3.05, 3.63) is 35.9 Å². The van der Waals surface area contributed by atoms with Crippen molar-refractivity contribution in [2.75, 3.05) is 11.4 Å². The van der Waals surface area contributed by atoms with E-state index in [1.165, 1.54) is 0 Å². The van der Waals surface area contributed by atoms with Crippen LogP contribution in [0.5, 0.6) is 5.75 Å². The molecule has 0 spiro atoms. The van der Waals surface area contributed by atoms with Gasteiger partial charge in [-0.1, -0.05) is 25.1 Å². The highest BCUT2D eigenvalue weighted by Gasteiger charge is 2.33. The molecule has 1 N–H and O–H groups in total. The number of benzene rings is 1. The third-order valence-electron chi connectivity index (χ3n) is 3.11. The van der Waals surface area contributed by atoms with Gasteiger partial charge in [-0.15, -0.1) is 0 Å². The molecule has 1 aromatic rings. The monoisotopic (exact) mass is 261 g/mol.